The zero-order valence-electron chi connectivity index (χ0n) is 9.24. The molecule has 0 bridgehead atoms. The monoisotopic (exact) mass is 217 g/mol. The van der Waals surface area contributed by atoms with E-state index in [1.165, 1.54) is 45.2 Å². The molecule has 1 aliphatic heterocycles. The SMILES string of the molecule is COC1CCCN(CCCCCS)C1. The van der Waals surface area contributed by atoms with E-state index in [0.717, 1.165) is 12.3 Å². The van der Waals surface area contributed by atoms with Crippen LogP contribution in [0.1, 0.15) is 32.1 Å². The van der Waals surface area contributed by atoms with Gasteiger partial charge in [-0.1, -0.05) is 6.42 Å². The van der Waals surface area contributed by atoms with Crippen molar-refractivity contribution in [3.05, 3.63) is 0 Å². The summed E-state index contributed by atoms with van der Waals surface area (Å²) in [5.74, 6) is 1.03. The second kappa shape index (κ2) is 7.55. The van der Waals surface area contributed by atoms with Crippen LogP contribution < -0.4 is 0 Å². The number of ether oxygens (including phenoxy) is 1. The van der Waals surface area contributed by atoms with Gasteiger partial charge in [-0.3, -0.25) is 0 Å². The van der Waals surface area contributed by atoms with Crippen molar-refractivity contribution >= 4 is 12.6 Å². The largest absolute Gasteiger partial charge is 0.380 e. The predicted molar refractivity (Wildman–Crippen MR) is 64.2 cm³/mol. The lowest BCUT2D eigenvalue weighted by atomic mass is 10.1. The van der Waals surface area contributed by atoms with Crippen molar-refractivity contribution in [3.63, 3.8) is 0 Å². The van der Waals surface area contributed by atoms with Crippen LogP contribution in [0.3, 0.4) is 0 Å². The number of hydrogen-bond acceptors (Lipinski definition) is 3. The lowest BCUT2D eigenvalue weighted by molar-refractivity contribution is 0.0309. The smallest absolute Gasteiger partial charge is 0.0698 e. The van der Waals surface area contributed by atoms with Gasteiger partial charge >= 0.3 is 0 Å². The van der Waals surface area contributed by atoms with Crippen LogP contribution in [0.4, 0.5) is 0 Å². The molecule has 14 heavy (non-hydrogen) atoms. The average molecular weight is 217 g/mol. The molecular formula is C11H23NOS. The molecule has 1 fully saturated rings. The Morgan fingerprint density at radius 3 is 2.93 bits per heavy atom. The van der Waals surface area contributed by atoms with E-state index < -0.39 is 0 Å². The maximum atomic E-state index is 5.39. The Labute approximate surface area is 93.4 Å². The summed E-state index contributed by atoms with van der Waals surface area (Å²) >= 11 is 4.22. The van der Waals surface area contributed by atoms with Crippen molar-refractivity contribution in [3.8, 4) is 0 Å². The van der Waals surface area contributed by atoms with Gasteiger partial charge < -0.3 is 9.64 Å². The second-order valence-electron chi connectivity index (χ2n) is 4.08. The molecule has 0 aromatic rings. The van der Waals surface area contributed by atoms with Gasteiger partial charge in [-0.15, -0.1) is 0 Å². The van der Waals surface area contributed by atoms with Crippen molar-refractivity contribution < 1.29 is 4.74 Å². The van der Waals surface area contributed by atoms with E-state index in [1.807, 2.05) is 7.11 Å². The molecule has 0 amide bonds. The Morgan fingerprint density at radius 2 is 2.21 bits per heavy atom. The number of nitrogens with zero attached hydrogens (tertiary/aromatic N) is 1. The fourth-order valence-corrected chi connectivity index (χ4v) is 2.26. The maximum absolute atomic E-state index is 5.39. The molecule has 1 saturated heterocycles. The highest BCUT2D eigenvalue weighted by atomic mass is 32.1. The van der Waals surface area contributed by atoms with Crippen molar-refractivity contribution in [1.82, 2.24) is 4.90 Å². The van der Waals surface area contributed by atoms with Gasteiger partial charge in [0.15, 0.2) is 0 Å². The Bertz CT molecular complexity index is 143. The van der Waals surface area contributed by atoms with Crippen LogP contribution in [0.5, 0.6) is 0 Å². The lowest BCUT2D eigenvalue weighted by Crippen LogP contribution is -2.39. The predicted octanol–water partition coefficient (Wildman–Crippen LogP) is 2.20. The number of piperidine rings is 1. The molecule has 0 aromatic carbocycles. The summed E-state index contributed by atoms with van der Waals surface area (Å²) in [4.78, 5) is 2.54. The summed E-state index contributed by atoms with van der Waals surface area (Å²) in [5.41, 5.74) is 0. The summed E-state index contributed by atoms with van der Waals surface area (Å²) in [6.45, 7) is 3.64. The van der Waals surface area contributed by atoms with E-state index in [4.69, 9.17) is 4.74 Å². The van der Waals surface area contributed by atoms with Gasteiger partial charge in [0, 0.05) is 13.7 Å². The van der Waals surface area contributed by atoms with Gasteiger partial charge in [0.1, 0.15) is 0 Å². The molecule has 2 nitrogen and oxygen atoms in total. The van der Waals surface area contributed by atoms with Crippen molar-refractivity contribution in [2.75, 3.05) is 32.5 Å². The van der Waals surface area contributed by atoms with E-state index in [2.05, 4.69) is 17.5 Å². The van der Waals surface area contributed by atoms with Gasteiger partial charge in [-0.05, 0) is 44.5 Å². The van der Waals surface area contributed by atoms with Gasteiger partial charge in [-0.2, -0.15) is 12.6 Å². The van der Waals surface area contributed by atoms with Crippen LogP contribution in [0.25, 0.3) is 0 Å². The normalized spacial score (nSPS) is 24.0. The zero-order valence-corrected chi connectivity index (χ0v) is 10.1. The standard InChI is InChI=1S/C11H23NOS/c1-13-11-6-5-8-12(10-11)7-3-2-4-9-14/h11,14H,2-10H2,1H3. The minimum Gasteiger partial charge on any atom is -0.380 e. The average Bonchev–Trinajstić information content (AvgIpc) is 2.25. The summed E-state index contributed by atoms with van der Waals surface area (Å²) in [5, 5.41) is 0. The first-order valence-corrected chi connectivity index (χ1v) is 6.36. The van der Waals surface area contributed by atoms with Crippen LogP contribution in [0.15, 0.2) is 0 Å². The maximum Gasteiger partial charge on any atom is 0.0698 e. The molecule has 1 atom stereocenters. The number of likely N-dealkylation sites (tertiary alicyclic amines) is 1. The van der Waals surface area contributed by atoms with E-state index in [-0.39, 0.29) is 0 Å². The van der Waals surface area contributed by atoms with Crippen LogP contribution >= 0.6 is 12.6 Å². The first-order chi connectivity index (χ1) is 6.86. The Morgan fingerprint density at radius 1 is 1.36 bits per heavy atom. The van der Waals surface area contributed by atoms with E-state index in [9.17, 15) is 0 Å². The Hall–Kier alpha value is 0.270. The molecule has 3 heteroatoms. The van der Waals surface area contributed by atoms with Crippen LogP contribution in [-0.4, -0.2) is 43.5 Å². The quantitative estimate of drug-likeness (QED) is 0.541. The number of rotatable bonds is 6. The lowest BCUT2D eigenvalue weighted by Gasteiger charge is -2.31. The molecule has 1 aliphatic rings. The molecule has 0 aromatic heterocycles. The third kappa shape index (κ3) is 4.67. The Kier molecular flexibility index (Phi) is 6.65. The molecule has 0 saturated carbocycles. The summed E-state index contributed by atoms with van der Waals surface area (Å²) in [7, 11) is 1.83. The topological polar surface area (TPSA) is 12.5 Å². The van der Waals surface area contributed by atoms with Crippen molar-refractivity contribution in [2.24, 2.45) is 0 Å². The molecule has 0 aliphatic carbocycles. The molecule has 0 N–H and O–H groups in total. The van der Waals surface area contributed by atoms with Crippen LogP contribution in [0.2, 0.25) is 0 Å². The Balaban J connectivity index is 2.05. The van der Waals surface area contributed by atoms with Gasteiger partial charge in [0.25, 0.3) is 0 Å². The minimum atomic E-state index is 0.480. The summed E-state index contributed by atoms with van der Waals surface area (Å²) in [6, 6.07) is 0. The molecule has 0 radical (unpaired) electrons. The third-order valence-corrected chi connectivity index (χ3v) is 3.24. The highest BCUT2D eigenvalue weighted by Crippen LogP contribution is 2.13. The van der Waals surface area contributed by atoms with E-state index in [1.54, 1.807) is 0 Å². The fraction of sp³-hybridized carbons (Fsp3) is 1.00. The van der Waals surface area contributed by atoms with Crippen molar-refractivity contribution in [2.45, 2.75) is 38.2 Å². The van der Waals surface area contributed by atoms with Gasteiger partial charge in [0.2, 0.25) is 0 Å². The van der Waals surface area contributed by atoms with E-state index in [0.29, 0.717) is 6.10 Å². The van der Waals surface area contributed by atoms with Crippen LogP contribution in [-0.2, 0) is 4.74 Å². The highest BCUT2D eigenvalue weighted by Gasteiger charge is 2.18. The van der Waals surface area contributed by atoms with Crippen LogP contribution in [0, 0.1) is 0 Å². The molecule has 1 unspecified atom stereocenters. The second-order valence-corrected chi connectivity index (χ2v) is 4.53. The number of methoxy groups -OCH3 is 1. The number of unbranched alkanes of at least 4 members (excludes halogenated alkanes) is 2. The highest BCUT2D eigenvalue weighted by molar-refractivity contribution is 7.80. The fourth-order valence-electron chi connectivity index (χ4n) is 2.03. The number of thiol groups is 1. The third-order valence-electron chi connectivity index (χ3n) is 2.93. The molecule has 0 spiro atoms. The molecule has 84 valence electrons. The number of hydrogen-bond donors (Lipinski definition) is 1. The minimum absolute atomic E-state index is 0.480. The molecule has 1 rings (SSSR count). The molecule has 1 heterocycles. The van der Waals surface area contributed by atoms with Gasteiger partial charge in [-0.25, -0.2) is 0 Å². The van der Waals surface area contributed by atoms with E-state index >= 15 is 0 Å². The van der Waals surface area contributed by atoms with Gasteiger partial charge in [0.05, 0.1) is 6.10 Å². The summed E-state index contributed by atoms with van der Waals surface area (Å²) < 4.78 is 5.39. The summed E-state index contributed by atoms with van der Waals surface area (Å²) in [6.07, 6.45) is 6.90. The zero-order chi connectivity index (χ0) is 10.2. The van der Waals surface area contributed by atoms with Crippen molar-refractivity contribution in [1.29, 1.82) is 0 Å². The first kappa shape index (κ1) is 12.3. The molecular weight excluding hydrogens is 194 g/mol. The first-order valence-electron chi connectivity index (χ1n) is 5.73.